The van der Waals surface area contributed by atoms with Gasteiger partial charge >= 0.3 is 11.9 Å². The molecule has 0 aliphatic rings. The first-order valence-electron chi connectivity index (χ1n) is 6.79. The van der Waals surface area contributed by atoms with Gasteiger partial charge in [-0.25, -0.2) is 14.6 Å². The summed E-state index contributed by atoms with van der Waals surface area (Å²) in [6.45, 7) is 0.0201. The van der Waals surface area contributed by atoms with E-state index in [0.29, 0.717) is 5.65 Å². The molecule has 0 saturated carbocycles. The summed E-state index contributed by atoms with van der Waals surface area (Å²) in [6.07, 6.45) is 2.12. The van der Waals surface area contributed by atoms with Gasteiger partial charge in [-0.1, -0.05) is 0 Å². The Kier molecular flexibility index (Phi) is 5.44. The number of carbonyl (C=O) groups is 2. The number of hydrogen-bond acceptors (Lipinski definition) is 9. The van der Waals surface area contributed by atoms with Gasteiger partial charge in [0, 0.05) is 0 Å². The van der Waals surface area contributed by atoms with Crippen LogP contribution in [-0.2, 0) is 25.8 Å². The van der Waals surface area contributed by atoms with Gasteiger partial charge in [0.25, 0.3) is 5.56 Å². The van der Waals surface area contributed by atoms with Crippen molar-refractivity contribution in [3.63, 3.8) is 0 Å². The van der Waals surface area contributed by atoms with Crippen molar-refractivity contribution in [2.45, 2.75) is 19.2 Å². The topological polar surface area (TPSA) is 178 Å². The molecule has 12 heteroatoms. The van der Waals surface area contributed by atoms with Gasteiger partial charge in [-0.3, -0.25) is 19.0 Å². The van der Waals surface area contributed by atoms with E-state index in [0.717, 1.165) is 11.0 Å². The number of fused-ring (bicyclic) bond motifs is 1. The molecule has 2 aromatic rings. The molecule has 0 bridgehead atoms. The molecule has 5 N–H and O–H groups in total. The molecule has 2 heterocycles. The van der Waals surface area contributed by atoms with E-state index in [2.05, 4.69) is 9.97 Å². The summed E-state index contributed by atoms with van der Waals surface area (Å²) in [5.41, 5.74) is 5.14. The SMILES string of the molecule is NC(CC(=O)OCCOCn1cnc2c(=O)n(N)cnc21)C(=O)O. The fraction of sp³-hybridized carbons (Fsp3) is 0.417. The molecule has 0 saturated heterocycles. The molecule has 0 aromatic carbocycles. The maximum atomic E-state index is 11.7. The number of esters is 1. The molecule has 2 rings (SSSR count). The predicted octanol–water partition coefficient (Wildman–Crippen LogP) is -2.37. The molecule has 0 aliphatic heterocycles. The number of nitrogens with two attached hydrogens (primary N) is 2. The van der Waals surface area contributed by atoms with Crippen molar-refractivity contribution in [1.29, 1.82) is 0 Å². The second kappa shape index (κ2) is 7.52. The van der Waals surface area contributed by atoms with Gasteiger partial charge in [0.2, 0.25) is 0 Å². The Morgan fingerprint density at radius 3 is 2.75 bits per heavy atom. The fourth-order valence-corrected chi connectivity index (χ4v) is 1.75. The van der Waals surface area contributed by atoms with Crippen LogP contribution in [0.5, 0.6) is 0 Å². The first-order valence-corrected chi connectivity index (χ1v) is 6.79. The maximum absolute atomic E-state index is 11.7. The summed E-state index contributed by atoms with van der Waals surface area (Å²) in [4.78, 5) is 41.4. The number of rotatable bonds is 8. The minimum atomic E-state index is -1.30. The molecule has 24 heavy (non-hydrogen) atoms. The number of nitrogen functional groups attached to an aromatic ring is 1. The van der Waals surface area contributed by atoms with Crippen LogP contribution in [0.25, 0.3) is 11.2 Å². The first-order chi connectivity index (χ1) is 11.4. The van der Waals surface area contributed by atoms with Gasteiger partial charge in [-0.2, -0.15) is 0 Å². The molecular weight excluding hydrogens is 324 g/mol. The van der Waals surface area contributed by atoms with Crippen LogP contribution < -0.4 is 17.1 Å². The quantitative estimate of drug-likeness (QED) is 0.267. The third kappa shape index (κ3) is 4.05. The Bertz CT molecular complexity index is 799. The van der Waals surface area contributed by atoms with Crippen LogP contribution in [0, 0.1) is 0 Å². The molecule has 1 unspecified atom stereocenters. The van der Waals surface area contributed by atoms with E-state index in [1.165, 1.54) is 10.9 Å². The van der Waals surface area contributed by atoms with E-state index >= 15 is 0 Å². The van der Waals surface area contributed by atoms with Crippen LogP contribution in [0.15, 0.2) is 17.4 Å². The summed E-state index contributed by atoms with van der Waals surface area (Å²) in [5, 5.41) is 8.57. The van der Waals surface area contributed by atoms with Gasteiger partial charge in [-0.05, 0) is 0 Å². The van der Waals surface area contributed by atoms with E-state index in [1.807, 2.05) is 0 Å². The Balaban J connectivity index is 1.77. The number of aromatic nitrogens is 4. The lowest BCUT2D eigenvalue weighted by molar-refractivity contribution is -0.150. The lowest BCUT2D eigenvalue weighted by atomic mass is 10.2. The van der Waals surface area contributed by atoms with E-state index in [-0.39, 0.29) is 25.5 Å². The van der Waals surface area contributed by atoms with Crippen molar-refractivity contribution in [1.82, 2.24) is 19.2 Å². The van der Waals surface area contributed by atoms with Gasteiger partial charge in [0.15, 0.2) is 11.2 Å². The highest BCUT2D eigenvalue weighted by atomic mass is 16.6. The Morgan fingerprint density at radius 1 is 1.29 bits per heavy atom. The van der Waals surface area contributed by atoms with E-state index < -0.39 is 30.0 Å². The van der Waals surface area contributed by atoms with Crippen LogP contribution in [0.2, 0.25) is 0 Å². The fourth-order valence-electron chi connectivity index (χ4n) is 1.75. The maximum Gasteiger partial charge on any atom is 0.321 e. The van der Waals surface area contributed by atoms with Crippen molar-refractivity contribution in [3.8, 4) is 0 Å². The number of aliphatic carboxylic acids is 1. The lowest BCUT2D eigenvalue weighted by Crippen LogP contribution is -2.33. The highest BCUT2D eigenvalue weighted by molar-refractivity contribution is 5.81. The number of carbonyl (C=O) groups excluding carboxylic acids is 1. The average molecular weight is 340 g/mol. The van der Waals surface area contributed by atoms with Crippen LogP contribution in [-0.4, -0.2) is 55.5 Å². The second-order valence-corrected chi connectivity index (χ2v) is 4.75. The number of ether oxygens (including phenoxy) is 2. The largest absolute Gasteiger partial charge is 0.480 e. The van der Waals surface area contributed by atoms with Crippen LogP contribution in [0.4, 0.5) is 0 Å². The molecule has 0 fully saturated rings. The van der Waals surface area contributed by atoms with Gasteiger partial charge in [0.05, 0.1) is 19.4 Å². The summed E-state index contributed by atoms with van der Waals surface area (Å²) >= 11 is 0. The van der Waals surface area contributed by atoms with Gasteiger partial charge in [0.1, 0.15) is 25.7 Å². The zero-order valence-electron chi connectivity index (χ0n) is 12.5. The number of carboxylic acids is 1. The van der Waals surface area contributed by atoms with Crippen LogP contribution >= 0.6 is 0 Å². The molecule has 12 nitrogen and oxygen atoms in total. The number of hydrogen-bond donors (Lipinski definition) is 3. The van der Waals surface area contributed by atoms with Crippen molar-refractivity contribution in [3.05, 3.63) is 23.0 Å². The van der Waals surface area contributed by atoms with E-state index in [9.17, 15) is 14.4 Å². The molecule has 0 radical (unpaired) electrons. The first kappa shape index (κ1) is 17.4. The number of carboxylic acid groups (broad SMARTS) is 1. The monoisotopic (exact) mass is 340 g/mol. The van der Waals surface area contributed by atoms with Crippen molar-refractivity contribution in [2.75, 3.05) is 19.1 Å². The van der Waals surface area contributed by atoms with Gasteiger partial charge < -0.3 is 26.2 Å². The predicted molar refractivity (Wildman–Crippen MR) is 79.1 cm³/mol. The molecule has 130 valence electrons. The van der Waals surface area contributed by atoms with E-state index in [4.69, 9.17) is 26.2 Å². The molecule has 1 atom stereocenters. The minimum absolute atomic E-state index is 0.0315. The molecule has 0 spiro atoms. The molecule has 0 aliphatic carbocycles. The van der Waals surface area contributed by atoms with Crippen molar-refractivity contribution >= 4 is 23.1 Å². The average Bonchev–Trinajstić information content (AvgIpc) is 2.94. The summed E-state index contributed by atoms with van der Waals surface area (Å²) in [5.74, 6) is 3.37. The van der Waals surface area contributed by atoms with Crippen molar-refractivity contribution in [2.24, 2.45) is 5.73 Å². The minimum Gasteiger partial charge on any atom is -0.480 e. The summed E-state index contributed by atoms with van der Waals surface area (Å²) in [7, 11) is 0. The third-order valence-corrected chi connectivity index (χ3v) is 2.98. The molecule has 2 aromatic heterocycles. The molecular formula is C12H16N6O6. The third-order valence-electron chi connectivity index (χ3n) is 2.98. The smallest absolute Gasteiger partial charge is 0.321 e. The zero-order chi connectivity index (χ0) is 17.7. The number of imidazole rings is 1. The van der Waals surface area contributed by atoms with Crippen LogP contribution in [0.3, 0.4) is 0 Å². The van der Waals surface area contributed by atoms with Gasteiger partial charge in [-0.15, -0.1) is 0 Å². The standard InChI is InChI=1S/C12H16N6O6/c13-7(12(21)22)3-8(19)24-2-1-23-6-17-4-15-9-10(17)16-5-18(14)11(9)20/h4-5,7H,1-3,6,13-14H2,(H,21,22). The Hall–Kier alpha value is -2.99. The van der Waals surface area contributed by atoms with E-state index in [1.54, 1.807) is 0 Å². The Morgan fingerprint density at radius 2 is 2.04 bits per heavy atom. The second-order valence-electron chi connectivity index (χ2n) is 4.75. The summed E-state index contributed by atoms with van der Waals surface area (Å²) in [6, 6.07) is -1.30. The van der Waals surface area contributed by atoms with Crippen molar-refractivity contribution < 1.29 is 24.2 Å². The highest BCUT2D eigenvalue weighted by Crippen LogP contribution is 2.04. The Labute approximate surface area is 134 Å². The number of nitrogens with zero attached hydrogens (tertiary/aromatic N) is 4. The summed E-state index contributed by atoms with van der Waals surface area (Å²) < 4.78 is 12.4. The van der Waals surface area contributed by atoms with Crippen LogP contribution in [0.1, 0.15) is 6.42 Å². The highest BCUT2D eigenvalue weighted by Gasteiger charge is 2.17. The normalized spacial score (nSPS) is 12.2. The zero-order valence-corrected chi connectivity index (χ0v) is 12.5. The lowest BCUT2D eigenvalue weighted by Gasteiger charge is -2.08. The molecule has 0 amide bonds.